The molecule has 134 valence electrons. The summed E-state index contributed by atoms with van der Waals surface area (Å²) in [7, 11) is 1.58. The molecule has 2 aromatic carbocycles. The summed E-state index contributed by atoms with van der Waals surface area (Å²) >= 11 is 0. The van der Waals surface area contributed by atoms with Crippen LogP contribution in [0.25, 0.3) is 0 Å². The van der Waals surface area contributed by atoms with E-state index in [0.29, 0.717) is 24.5 Å². The highest BCUT2D eigenvalue weighted by Crippen LogP contribution is 2.25. The van der Waals surface area contributed by atoms with Gasteiger partial charge in [0.25, 0.3) is 0 Å². The number of methoxy groups -OCH3 is 1. The second kappa shape index (κ2) is 9.81. The van der Waals surface area contributed by atoms with Gasteiger partial charge in [-0.15, -0.1) is 0 Å². The van der Waals surface area contributed by atoms with E-state index >= 15 is 0 Å². The Morgan fingerprint density at radius 2 is 1.92 bits per heavy atom. The summed E-state index contributed by atoms with van der Waals surface area (Å²) in [5.41, 5.74) is 2.93. The molecule has 0 spiro atoms. The van der Waals surface area contributed by atoms with Crippen LogP contribution in [0.1, 0.15) is 11.1 Å². The van der Waals surface area contributed by atoms with Crippen molar-refractivity contribution in [3.63, 3.8) is 0 Å². The molecule has 0 fully saturated rings. The molecule has 0 aromatic heterocycles. The normalized spacial score (nSPS) is 10.7. The van der Waals surface area contributed by atoms with Crippen molar-refractivity contribution in [1.29, 1.82) is 0 Å². The van der Waals surface area contributed by atoms with Gasteiger partial charge in [-0.3, -0.25) is 9.69 Å². The van der Waals surface area contributed by atoms with Crippen LogP contribution in [0.15, 0.2) is 48.5 Å². The molecule has 2 aromatic rings. The lowest BCUT2D eigenvalue weighted by molar-refractivity contribution is -0.117. The van der Waals surface area contributed by atoms with Crippen molar-refractivity contribution < 1.29 is 14.6 Å². The fraction of sp³-hybridized carbons (Fsp3) is 0.350. The first-order chi connectivity index (χ1) is 12.1. The second-order valence-electron chi connectivity index (χ2n) is 5.99. The van der Waals surface area contributed by atoms with Crippen molar-refractivity contribution in [1.82, 2.24) is 4.90 Å². The van der Waals surface area contributed by atoms with Gasteiger partial charge in [-0.2, -0.15) is 0 Å². The van der Waals surface area contributed by atoms with Gasteiger partial charge in [0.05, 0.1) is 25.9 Å². The second-order valence-corrected chi connectivity index (χ2v) is 5.99. The van der Waals surface area contributed by atoms with E-state index in [0.717, 1.165) is 12.0 Å². The van der Waals surface area contributed by atoms with Crippen LogP contribution in [0.5, 0.6) is 5.75 Å². The lowest BCUT2D eigenvalue weighted by atomic mass is 10.1. The highest BCUT2D eigenvalue weighted by molar-refractivity contribution is 5.93. The predicted molar refractivity (Wildman–Crippen MR) is 100 cm³/mol. The summed E-state index contributed by atoms with van der Waals surface area (Å²) in [6.07, 6.45) is 0.835. The standard InChI is InChI=1S/C20H26N2O3/c1-16-8-9-19(25-2)18(14-16)21-20(24)15-22(12-13-23)11-10-17-6-4-3-5-7-17/h3-9,14,23H,10-13,15H2,1-2H3,(H,21,24). The Balaban J connectivity index is 1.94. The highest BCUT2D eigenvalue weighted by Gasteiger charge is 2.13. The summed E-state index contributed by atoms with van der Waals surface area (Å²) in [5.74, 6) is 0.516. The monoisotopic (exact) mass is 342 g/mol. The fourth-order valence-corrected chi connectivity index (χ4v) is 2.66. The summed E-state index contributed by atoms with van der Waals surface area (Å²) in [4.78, 5) is 14.3. The summed E-state index contributed by atoms with van der Waals surface area (Å²) in [6, 6.07) is 15.8. The molecule has 0 saturated carbocycles. The van der Waals surface area contributed by atoms with Crippen molar-refractivity contribution in [2.45, 2.75) is 13.3 Å². The van der Waals surface area contributed by atoms with Crippen LogP contribution in [-0.4, -0.2) is 49.3 Å². The number of aliphatic hydroxyl groups is 1. The predicted octanol–water partition coefficient (Wildman–Crippen LogP) is 2.48. The molecule has 0 radical (unpaired) electrons. The number of benzene rings is 2. The molecule has 0 aliphatic rings. The molecule has 2 N–H and O–H groups in total. The molecule has 0 bridgehead atoms. The summed E-state index contributed by atoms with van der Waals surface area (Å²) < 4.78 is 5.29. The van der Waals surface area contributed by atoms with Crippen LogP contribution < -0.4 is 10.1 Å². The van der Waals surface area contributed by atoms with E-state index in [-0.39, 0.29) is 19.1 Å². The number of carbonyl (C=O) groups is 1. The number of hydrogen-bond donors (Lipinski definition) is 2. The van der Waals surface area contributed by atoms with Crippen LogP contribution in [-0.2, 0) is 11.2 Å². The maximum atomic E-state index is 12.4. The molecule has 0 aliphatic carbocycles. The Morgan fingerprint density at radius 1 is 1.16 bits per heavy atom. The Labute approximate surface area is 149 Å². The van der Waals surface area contributed by atoms with E-state index in [1.165, 1.54) is 5.56 Å². The minimum Gasteiger partial charge on any atom is -0.495 e. The van der Waals surface area contributed by atoms with Crippen molar-refractivity contribution in [3.05, 3.63) is 59.7 Å². The van der Waals surface area contributed by atoms with Crippen LogP contribution in [0.3, 0.4) is 0 Å². The number of hydrogen-bond acceptors (Lipinski definition) is 4. The van der Waals surface area contributed by atoms with Gasteiger partial charge in [0.15, 0.2) is 0 Å². The van der Waals surface area contributed by atoms with E-state index < -0.39 is 0 Å². The summed E-state index contributed by atoms with van der Waals surface area (Å²) in [5, 5.41) is 12.2. The topological polar surface area (TPSA) is 61.8 Å². The first kappa shape index (κ1) is 19.0. The van der Waals surface area contributed by atoms with Crippen molar-refractivity contribution in [2.24, 2.45) is 0 Å². The average Bonchev–Trinajstić information content (AvgIpc) is 2.61. The van der Waals surface area contributed by atoms with Crippen molar-refractivity contribution in [3.8, 4) is 5.75 Å². The van der Waals surface area contributed by atoms with Crippen LogP contribution >= 0.6 is 0 Å². The minimum atomic E-state index is -0.120. The first-order valence-corrected chi connectivity index (χ1v) is 8.44. The number of aliphatic hydroxyl groups excluding tert-OH is 1. The molecule has 0 unspecified atom stereocenters. The van der Waals surface area contributed by atoms with E-state index in [9.17, 15) is 9.90 Å². The molecule has 25 heavy (non-hydrogen) atoms. The molecule has 5 heteroatoms. The van der Waals surface area contributed by atoms with Gasteiger partial charge in [-0.25, -0.2) is 0 Å². The van der Waals surface area contributed by atoms with Gasteiger partial charge in [-0.05, 0) is 36.6 Å². The number of rotatable bonds is 9. The zero-order valence-corrected chi connectivity index (χ0v) is 14.9. The number of nitrogens with zero attached hydrogens (tertiary/aromatic N) is 1. The molecule has 1 amide bonds. The van der Waals surface area contributed by atoms with Crippen molar-refractivity contribution in [2.75, 3.05) is 38.7 Å². The Morgan fingerprint density at radius 3 is 2.60 bits per heavy atom. The largest absolute Gasteiger partial charge is 0.495 e. The number of nitrogens with one attached hydrogen (secondary N) is 1. The third kappa shape index (κ3) is 6.21. The molecule has 2 rings (SSSR count). The lowest BCUT2D eigenvalue weighted by Crippen LogP contribution is -2.36. The highest BCUT2D eigenvalue weighted by atomic mass is 16.5. The Hall–Kier alpha value is -2.37. The van der Waals surface area contributed by atoms with E-state index in [4.69, 9.17) is 4.74 Å². The molecule has 0 heterocycles. The summed E-state index contributed by atoms with van der Waals surface area (Å²) in [6.45, 7) is 3.39. The Kier molecular flexibility index (Phi) is 7.44. The van der Waals surface area contributed by atoms with Gasteiger partial charge >= 0.3 is 0 Å². The molecule has 0 atom stereocenters. The minimum absolute atomic E-state index is 0.0236. The number of amides is 1. The molecular formula is C20H26N2O3. The molecule has 5 nitrogen and oxygen atoms in total. The third-order valence-electron chi connectivity index (χ3n) is 3.97. The van der Waals surface area contributed by atoms with E-state index in [1.54, 1.807) is 7.11 Å². The maximum Gasteiger partial charge on any atom is 0.238 e. The zero-order valence-electron chi connectivity index (χ0n) is 14.9. The van der Waals surface area contributed by atoms with Gasteiger partial charge in [0.1, 0.15) is 5.75 Å². The smallest absolute Gasteiger partial charge is 0.238 e. The van der Waals surface area contributed by atoms with Gasteiger partial charge < -0.3 is 15.2 Å². The number of ether oxygens (including phenoxy) is 1. The number of aryl methyl sites for hydroxylation is 1. The average molecular weight is 342 g/mol. The van der Waals surface area contributed by atoms with Gasteiger partial charge in [0, 0.05) is 13.1 Å². The molecule has 0 saturated heterocycles. The number of carbonyl (C=O) groups excluding carboxylic acids is 1. The van der Waals surface area contributed by atoms with E-state index in [2.05, 4.69) is 17.4 Å². The van der Waals surface area contributed by atoms with E-state index in [1.807, 2.05) is 48.2 Å². The van der Waals surface area contributed by atoms with Crippen molar-refractivity contribution >= 4 is 11.6 Å². The third-order valence-corrected chi connectivity index (χ3v) is 3.97. The quantitative estimate of drug-likeness (QED) is 0.735. The lowest BCUT2D eigenvalue weighted by Gasteiger charge is -2.21. The zero-order chi connectivity index (χ0) is 18.1. The van der Waals surface area contributed by atoms with Crippen LogP contribution in [0.2, 0.25) is 0 Å². The Bertz CT molecular complexity index is 674. The fourth-order valence-electron chi connectivity index (χ4n) is 2.66. The molecule has 0 aliphatic heterocycles. The van der Waals surface area contributed by atoms with Crippen LogP contribution in [0.4, 0.5) is 5.69 Å². The van der Waals surface area contributed by atoms with Gasteiger partial charge in [-0.1, -0.05) is 36.4 Å². The SMILES string of the molecule is COc1ccc(C)cc1NC(=O)CN(CCO)CCc1ccccc1. The van der Waals surface area contributed by atoms with Gasteiger partial charge in [0.2, 0.25) is 5.91 Å². The molecular weight excluding hydrogens is 316 g/mol. The first-order valence-electron chi connectivity index (χ1n) is 8.44. The number of anilines is 1. The maximum absolute atomic E-state index is 12.4. The van der Waals surface area contributed by atoms with Crippen LogP contribution in [0, 0.1) is 6.92 Å².